The van der Waals surface area contributed by atoms with Crippen LogP contribution < -0.4 is 0 Å². The molecule has 2 rings (SSSR count). The third-order valence-electron chi connectivity index (χ3n) is 5.13. The molecule has 2 aliphatic rings. The Morgan fingerprint density at radius 1 is 1.50 bits per heavy atom. The highest BCUT2D eigenvalue weighted by atomic mass is 16.1. The van der Waals surface area contributed by atoms with Crippen molar-refractivity contribution in [1.29, 1.82) is 0 Å². The molecule has 0 aromatic rings. The van der Waals surface area contributed by atoms with Crippen molar-refractivity contribution >= 4 is 5.78 Å². The van der Waals surface area contributed by atoms with Crippen LogP contribution in [0.15, 0.2) is 23.3 Å². The minimum Gasteiger partial charge on any atom is -0.299 e. The molecule has 0 N–H and O–H groups in total. The quantitative estimate of drug-likeness (QED) is 0.660. The van der Waals surface area contributed by atoms with Crippen molar-refractivity contribution in [2.45, 2.75) is 59.8 Å². The van der Waals surface area contributed by atoms with Gasteiger partial charge in [0.1, 0.15) is 5.78 Å². The molecule has 3 atom stereocenters. The summed E-state index contributed by atoms with van der Waals surface area (Å²) in [6, 6.07) is 0. The lowest BCUT2D eigenvalue weighted by Crippen LogP contribution is -2.37. The van der Waals surface area contributed by atoms with Crippen molar-refractivity contribution in [1.82, 2.24) is 0 Å². The molecule has 0 heterocycles. The fourth-order valence-electron chi connectivity index (χ4n) is 3.68. The predicted octanol–water partition coefficient (Wildman–Crippen LogP) is 4.68. The first-order valence-corrected chi connectivity index (χ1v) is 7.30. The molecule has 0 aliphatic heterocycles. The fraction of sp³-hybridized carbons (Fsp3) is 0.706. The van der Waals surface area contributed by atoms with Crippen LogP contribution in [-0.2, 0) is 4.79 Å². The lowest BCUT2D eigenvalue weighted by molar-refractivity contribution is -0.128. The summed E-state index contributed by atoms with van der Waals surface area (Å²) in [5, 5.41) is 0. The van der Waals surface area contributed by atoms with E-state index in [1.54, 1.807) is 5.57 Å². The van der Waals surface area contributed by atoms with E-state index in [1.165, 1.54) is 12.0 Å². The van der Waals surface area contributed by atoms with Crippen LogP contribution >= 0.6 is 0 Å². The van der Waals surface area contributed by atoms with Gasteiger partial charge in [-0.25, -0.2) is 0 Å². The lowest BCUT2D eigenvalue weighted by Gasteiger charge is -2.39. The van der Waals surface area contributed by atoms with E-state index in [9.17, 15) is 4.79 Å². The Kier molecular flexibility index (Phi) is 3.79. The second-order valence-electron chi connectivity index (χ2n) is 6.58. The average molecular weight is 246 g/mol. The molecule has 1 saturated carbocycles. The Bertz CT molecular complexity index is 398. The molecule has 0 amide bonds. The van der Waals surface area contributed by atoms with Crippen LogP contribution in [0.2, 0.25) is 0 Å². The number of Topliss-reactive ketones (excluding diaryl/α,β-unsaturated/α-hetero) is 1. The van der Waals surface area contributed by atoms with Crippen molar-refractivity contribution in [2.75, 3.05) is 0 Å². The Morgan fingerprint density at radius 2 is 2.22 bits per heavy atom. The van der Waals surface area contributed by atoms with Gasteiger partial charge in [-0.15, -0.1) is 0 Å². The highest BCUT2D eigenvalue weighted by Gasteiger charge is 2.50. The molecule has 18 heavy (non-hydrogen) atoms. The van der Waals surface area contributed by atoms with E-state index < -0.39 is 0 Å². The SMILES string of the molecule is CC(C)=CCCC1=CC(C)C2(C)C(=O)CCC2C1. The number of ketones is 1. The van der Waals surface area contributed by atoms with Gasteiger partial charge < -0.3 is 0 Å². The zero-order valence-electron chi connectivity index (χ0n) is 12.3. The van der Waals surface area contributed by atoms with Crippen LogP contribution in [0.25, 0.3) is 0 Å². The van der Waals surface area contributed by atoms with Gasteiger partial charge in [0.2, 0.25) is 0 Å². The molecule has 0 radical (unpaired) electrons. The number of carbonyl (C=O) groups excluding carboxylic acids is 1. The van der Waals surface area contributed by atoms with Crippen molar-refractivity contribution in [3.63, 3.8) is 0 Å². The van der Waals surface area contributed by atoms with E-state index in [4.69, 9.17) is 0 Å². The summed E-state index contributed by atoms with van der Waals surface area (Å²) in [5.41, 5.74) is 2.93. The second-order valence-corrected chi connectivity index (χ2v) is 6.58. The van der Waals surface area contributed by atoms with Crippen LogP contribution in [0.5, 0.6) is 0 Å². The first-order valence-electron chi connectivity index (χ1n) is 7.30. The van der Waals surface area contributed by atoms with E-state index >= 15 is 0 Å². The Hall–Kier alpha value is -0.850. The Balaban J connectivity index is 2.07. The number of fused-ring (bicyclic) bond motifs is 1. The van der Waals surface area contributed by atoms with Gasteiger partial charge in [-0.3, -0.25) is 4.79 Å². The molecule has 0 aromatic carbocycles. The number of carbonyl (C=O) groups is 1. The summed E-state index contributed by atoms with van der Waals surface area (Å²) in [5.74, 6) is 1.53. The maximum absolute atomic E-state index is 12.1. The first kappa shape index (κ1) is 13.6. The first-order chi connectivity index (χ1) is 8.44. The Morgan fingerprint density at radius 3 is 2.89 bits per heavy atom. The highest BCUT2D eigenvalue weighted by molar-refractivity contribution is 5.87. The van der Waals surface area contributed by atoms with Crippen LogP contribution in [-0.4, -0.2) is 5.78 Å². The van der Waals surface area contributed by atoms with Gasteiger partial charge in [-0.1, -0.05) is 37.1 Å². The van der Waals surface area contributed by atoms with Crippen LogP contribution in [0.4, 0.5) is 0 Å². The number of hydrogen-bond acceptors (Lipinski definition) is 1. The molecule has 1 fully saturated rings. The number of rotatable bonds is 3. The normalized spacial score (nSPS) is 35.1. The fourth-order valence-corrected chi connectivity index (χ4v) is 3.68. The highest BCUT2D eigenvalue weighted by Crippen LogP contribution is 2.52. The van der Waals surface area contributed by atoms with Crippen molar-refractivity contribution < 1.29 is 4.79 Å². The van der Waals surface area contributed by atoms with Crippen LogP contribution in [0, 0.1) is 17.3 Å². The summed E-state index contributed by atoms with van der Waals surface area (Å²) in [6.07, 6.45) is 10.1. The monoisotopic (exact) mass is 246 g/mol. The second kappa shape index (κ2) is 5.03. The van der Waals surface area contributed by atoms with Crippen molar-refractivity contribution in [2.24, 2.45) is 17.3 Å². The maximum Gasteiger partial charge on any atom is 0.139 e. The molecule has 0 bridgehead atoms. The van der Waals surface area contributed by atoms with E-state index in [2.05, 4.69) is 39.8 Å². The summed E-state index contributed by atoms with van der Waals surface area (Å²) >= 11 is 0. The number of allylic oxidation sites excluding steroid dienone is 4. The molecule has 0 aromatic heterocycles. The molecule has 1 nitrogen and oxygen atoms in total. The smallest absolute Gasteiger partial charge is 0.139 e. The summed E-state index contributed by atoms with van der Waals surface area (Å²) in [4.78, 5) is 12.1. The van der Waals surface area contributed by atoms with Gasteiger partial charge >= 0.3 is 0 Å². The van der Waals surface area contributed by atoms with Gasteiger partial charge in [0.05, 0.1) is 0 Å². The summed E-state index contributed by atoms with van der Waals surface area (Å²) in [6.45, 7) is 8.74. The predicted molar refractivity (Wildman–Crippen MR) is 76.4 cm³/mol. The van der Waals surface area contributed by atoms with Crippen LogP contribution in [0.3, 0.4) is 0 Å². The molecule has 0 saturated heterocycles. The van der Waals surface area contributed by atoms with Gasteiger partial charge in [-0.05, 0) is 51.4 Å². The minimum absolute atomic E-state index is 0.0555. The summed E-state index contributed by atoms with van der Waals surface area (Å²) < 4.78 is 0. The topological polar surface area (TPSA) is 17.1 Å². The minimum atomic E-state index is -0.0555. The molecular formula is C17H26O. The molecule has 1 heteroatoms. The molecule has 100 valence electrons. The third-order valence-corrected chi connectivity index (χ3v) is 5.13. The molecule has 3 unspecified atom stereocenters. The van der Waals surface area contributed by atoms with E-state index in [0.717, 1.165) is 25.7 Å². The molecular weight excluding hydrogens is 220 g/mol. The van der Waals surface area contributed by atoms with Gasteiger partial charge in [-0.2, -0.15) is 0 Å². The van der Waals surface area contributed by atoms with Crippen LogP contribution in [0.1, 0.15) is 59.8 Å². The zero-order valence-corrected chi connectivity index (χ0v) is 12.3. The van der Waals surface area contributed by atoms with Gasteiger partial charge in [0.25, 0.3) is 0 Å². The van der Waals surface area contributed by atoms with Gasteiger partial charge in [0.15, 0.2) is 0 Å². The molecule has 0 spiro atoms. The largest absolute Gasteiger partial charge is 0.299 e. The number of hydrogen-bond donors (Lipinski definition) is 0. The molecule has 2 aliphatic carbocycles. The lowest BCUT2D eigenvalue weighted by atomic mass is 9.63. The standard InChI is InChI=1S/C17H26O/c1-12(2)6-5-7-14-10-13(3)17(4)15(11-14)8-9-16(17)18/h6,10,13,15H,5,7-9,11H2,1-4H3. The maximum atomic E-state index is 12.1. The van der Waals surface area contributed by atoms with E-state index in [1.807, 2.05) is 0 Å². The van der Waals surface area contributed by atoms with E-state index in [0.29, 0.717) is 17.6 Å². The van der Waals surface area contributed by atoms with Crippen molar-refractivity contribution in [3.05, 3.63) is 23.3 Å². The summed E-state index contributed by atoms with van der Waals surface area (Å²) in [7, 11) is 0. The third kappa shape index (κ3) is 2.32. The Labute approximate surface area is 111 Å². The van der Waals surface area contributed by atoms with E-state index in [-0.39, 0.29) is 5.41 Å². The van der Waals surface area contributed by atoms with Crippen molar-refractivity contribution in [3.8, 4) is 0 Å². The zero-order chi connectivity index (χ0) is 13.3. The van der Waals surface area contributed by atoms with Gasteiger partial charge in [0, 0.05) is 11.8 Å². The average Bonchev–Trinajstić information content (AvgIpc) is 2.58.